The molecule has 8 heteroatoms. The first-order chi connectivity index (χ1) is 18.8. The number of amides is 1. The molecule has 0 saturated carbocycles. The second-order valence-corrected chi connectivity index (χ2v) is 9.04. The van der Waals surface area contributed by atoms with Crippen molar-refractivity contribution in [3.05, 3.63) is 94.6 Å². The van der Waals surface area contributed by atoms with E-state index in [9.17, 15) is 19.5 Å². The molecule has 4 rings (SSSR count). The second-order valence-electron chi connectivity index (χ2n) is 9.04. The van der Waals surface area contributed by atoms with Crippen LogP contribution in [0.5, 0.6) is 11.5 Å². The van der Waals surface area contributed by atoms with Crippen LogP contribution in [0.1, 0.15) is 53.4 Å². The zero-order chi connectivity index (χ0) is 28.1. The lowest BCUT2D eigenvalue weighted by Gasteiger charge is -2.26. The molecule has 202 valence electrons. The number of ether oxygens (including phenoxy) is 3. The SMILES string of the molecule is CCCOc1ccc(/C(O)=C2\C(=O)C(=O)N(c3cccc(C(=O)OCC)c3)C2c2ccc(OC)cc2)cc1C. The Morgan fingerprint density at radius 2 is 1.72 bits per heavy atom. The Hall–Kier alpha value is -4.59. The molecule has 8 nitrogen and oxygen atoms in total. The van der Waals surface area contributed by atoms with Crippen molar-refractivity contribution in [1.82, 2.24) is 0 Å². The summed E-state index contributed by atoms with van der Waals surface area (Å²) in [5.74, 6) is -1.23. The third-order valence-corrected chi connectivity index (χ3v) is 6.42. The Kier molecular flexibility index (Phi) is 8.34. The van der Waals surface area contributed by atoms with Gasteiger partial charge in [0.1, 0.15) is 17.3 Å². The molecule has 1 aliphatic rings. The smallest absolute Gasteiger partial charge is 0.338 e. The monoisotopic (exact) mass is 529 g/mol. The van der Waals surface area contributed by atoms with Gasteiger partial charge in [0.15, 0.2) is 0 Å². The van der Waals surface area contributed by atoms with E-state index in [1.54, 1.807) is 67.6 Å². The standard InChI is InChI=1S/C31H31NO7/c1-5-16-39-25-15-12-21(17-19(25)3)28(33)26-27(20-10-13-24(37-4)14-11-20)32(30(35)29(26)34)23-9-7-8-22(18-23)31(36)38-6-2/h7-15,17-18,27,33H,5-6,16H2,1-4H3/b28-26+. The van der Waals surface area contributed by atoms with Gasteiger partial charge in [0.25, 0.3) is 11.7 Å². The number of hydrogen-bond acceptors (Lipinski definition) is 7. The average Bonchev–Trinajstić information content (AvgIpc) is 3.22. The van der Waals surface area contributed by atoms with Crippen LogP contribution in [0, 0.1) is 6.92 Å². The van der Waals surface area contributed by atoms with E-state index in [0.29, 0.717) is 34.9 Å². The molecule has 1 N–H and O–H groups in total. The lowest BCUT2D eigenvalue weighted by Crippen LogP contribution is -2.29. The average molecular weight is 530 g/mol. The summed E-state index contributed by atoms with van der Waals surface area (Å²) in [6, 6.07) is 17.4. The molecule has 1 saturated heterocycles. The van der Waals surface area contributed by atoms with Gasteiger partial charge in [-0.25, -0.2) is 4.79 Å². The van der Waals surface area contributed by atoms with Gasteiger partial charge in [0.05, 0.1) is 37.5 Å². The van der Waals surface area contributed by atoms with E-state index in [1.807, 2.05) is 13.8 Å². The fourth-order valence-corrected chi connectivity index (χ4v) is 4.52. The molecule has 3 aromatic carbocycles. The Balaban J connectivity index is 1.87. The summed E-state index contributed by atoms with van der Waals surface area (Å²) in [5, 5.41) is 11.5. The van der Waals surface area contributed by atoms with Crippen LogP contribution in [-0.4, -0.2) is 43.1 Å². The van der Waals surface area contributed by atoms with Crippen molar-refractivity contribution in [2.45, 2.75) is 33.2 Å². The number of benzene rings is 3. The molecule has 0 aliphatic carbocycles. The van der Waals surface area contributed by atoms with E-state index in [4.69, 9.17) is 14.2 Å². The number of ketones is 1. The summed E-state index contributed by atoms with van der Waals surface area (Å²) in [6.45, 7) is 6.31. The van der Waals surface area contributed by atoms with Crippen molar-refractivity contribution in [1.29, 1.82) is 0 Å². The van der Waals surface area contributed by atoms with Crippen molar-refractivity contribution in [2.24, 2.45) is 0 Å². The van der Waals surface area contributed by atoms with Gasteiger partial charge in [-0.05, 0) is 79.9 Å². The van der Waals surface area contributed by atoms with Crippen LogP contribution in [0.15, 0.2) is 72.3 Å². The molecule has 39 heavy (non-hydrogen) atoms. The van der Waals surface area contributed by atoms with Crippen LogP contribution in [0.2, 0.25) is 0 Å². The zero-order valence-corrected chi connectivity index (χ0v) is 22.4. The minimum Gasteiger partial charge on any atom is -0.507 e. The predicted octanol–water partition coefficient (Wildman–Crippen LogP) is 5.60. The topological polar surface area (TPSA) is 102 Å². The molecule has 0 aromatic heterocycles. The Labute approximate surface area is 227 Å². The number of rotatable bonds is 9. The number of aryl methyl sites for hydroxylation is 1. The highest BCUT2D eigenvalue weighted by Crippen LogP contribution is 2.43. The molecule has 1 aliphatic heterocycles. The number of carbonyl (C=O) groups is 3. The molecule has 1 fully saturated rings. The molecule has 1 amide bonds. The minimum absolute atomic E-state index is 0.0617. The highest BCUT2D eigenvalue weighted by molar-refractivity contribution is 6.51. The molecular weight excluding hydrogens is 498 g/mol. The van der Waals surface area contributed by atoms with E-state index in [-0.39, 0.29) is 23.5 Å². The van der Waals surface area contributed by atoms with Gasteiger partial charge in [0.2, 0.25) is 0 Å². The highest BCUT2D eigenvalue weighted by atomic mass is 16.5. The molecule has 0 spiro atoms. The molecule has 0 radical (unpaired) electrons. The third-order valence-electron chi connectivity index (χ3n) is 6.42. The minimum atomic E-state index is -0.954. The summed E-state index contributed by atoms with van der Waals surface area (Å²) >= 11 is 0. The van der Waals surface area contributed by atoms with E-state index >= 15 is 0 Å². The number of nitrogens with zero attached hydrogens (tertiary/aromatic N) is 1. The maximum absolute atomic E-state index is 13.5. The third kappa shape index (κ3) is 5.50. The van der Waals surface area contributed by atoms with Gasteiger partial charge in [0, 0.05) is 11.3 Å². The van der Waals surface area contributed by atoms with Crippen LogP contribution < -0.4 is 14.4 Å². The van der Waals surface area contributed by atoms with Gasteiger partial charge in [-0.15, -0.1) is 0 Å². The lowest BCUT2D eigenvalue weighted by molar-refractivity contribution is -0.132. The number of methoxy groups -OCH3 is 1. The van der Waals surface area contributed by atoms with Gasteiger partial charge < -0.3 is 19.3 Å². The molecule has 1 atom stereocenters. The second kappa shape index (κ2) is 11.9. The Morgan fingerprint density at radius 3 is 2.36 bits per heavy atom. The number of esters is 1. The zero-order valence-electron chi connectivity index (χ0n) is 22.4. The summed E-state index contributed by atoms with van der Waals surface area (Å²) in [7, 11) is 1.54. The first-order valence-electron chi connectivity index (χ1n) is 12.8. The number of Topliss-reactive ketones (excluding diaryl/α,β-unsaturated/α-hetero) is 1. The van der Waals surface area contributed by atoms with Gasteiger partial charge in [-0.3, -0.25) is 14.5 Å². The number of hydrogen-bond donors (Lipinski definition) is 1. The summed E-state index contributed by atoms with van der Waals surface area (Å²) in [6.07, 6.45) is 0.851. The van der Waals surface area contributed by atoms with Crippen molar-refractivity contribution < 1.29 is 33.7 Å². The van der Waals surface area contributed by atoms with Gasteiger partial charge in [-0.2, -0.15) is 0 Å². The molecular formula is C31H31NO7. The first kappa shape index (κ1) is 27.4. The van der Waals surface area contributed by atoms with Crippen LogP contribution in [0.3, 0.4) is 0 Å². The fourth-order valence-electron chi connectivity index (χ4n) is 4.52. The van der Waals surface area contributed by atoms with E-state index in [0.717, 1.165) is 12.0 Å². The maximum Gasteiger partial charge on any atom is 0.338 e. The molecule has 1 heterocycles. The van der Waals surface area contributed by atoms with Crippen LogP contribution in [0.25, 0.3) is 5.76 Å². The number of aliphatic hydroxyl groups excluding tert-OH is 1. The number of carbonyl (C=O) groups excluding carboxylic acids is 3. The van der Waals surface area contributed by atoms with Crippen molar-refractivity contribution in [2.75, 3.05) is 25.2 Å². The summed E-state index contributed by atoms with van der Waals surface area (Å²) in [4.78, 5) is 40.6. The number of anilines is 1. The molecule has 1 unspecified atom stereocenters. The maximum atomic E-state index is 13.5. The first-order valence-corrected chi connectivity index (χ1v) is 12.8. The van der Waals surface area contributed by atoms with Crippen molar-refractivity contribution in [3.63, 3.8) is 0 Å². The predicted molar refractivity (Wildman–Crippen MR) is 147 cm³/mol. The largest absolute Gasteiger partial charge is 0.507 e. The Morgan fingerprint density at radius 1 is 0.974 bits per heavy atom. The normalized spacial score (nSPS) is 16.3. The molecule has 0 bridgehead atoms. The van der Waals surface area contributed by atoms with Gasteiger partial charge in [-0.1, -0.05) is 25.1 Å². The van der Waals surface area contributed by atoms with E-state index in [2.05, 4.69) is 0 Å². The molecule has 3 aromatic rings. The van der Waals surface area contributed by atoms with Crippen LogP contribution >= 0.6 is 0 Å². The lowest BCUT2D eigenvalue weighted by atomic mass is 9.94. The Bertz CT molecular complexity index is 1430. The van der Waals surface area contributed by atoms with E-state index in [1.165, 1.54) is 18.1 Å². The summed E-state index contributed by atoms with van der Waals surface area (Å²) < 4.78 is 16.1. The van der Waals surface area contributed by atoms with Crippen LogP contribution in [0.4, 0.5) is 5.69 Å². The van der Waals surface area contributed by atoms with E-state index < -0.39 is 23.7 Å². The number of aliphatic hydroxyl groups is 1. The quantitative estimate of drug-likeness (QED) is 0.167. The van der Waals surface area contributed by atoms with Crippen molar-refractivity contribution in [3.8, 4) is 11.5 Å². The fraction of sp³-hybridized carbons (Fsp3) is 0.258. The highest BCUT2D eigenvalue weighted by Gasteiger charge is 2.47. The van der Waals surface area contributed by atoms with Crippen molar-refractivity contribution >= 4 is 29.1 Å². The summed E-state index contributed by atoms with van der Waals surface area (Å²) in [5.41, 5.74) is 2.24. The van der Waals surface area contributed by atoms with Crippen LogP contribution in [-0.2, 0) is 14.3 Å². The van der Waals surface area contributed by atoms with Gasteiger partial charge >= 0.3 is 5.97 Å².